The normalized spacial score (nSPS) is 29.6. The third-order valence-corrected chi connectivity index (χ3v) is 5.34. The number of rotatable bonds is 3. The number of hydrogen-bond donors (Lipinski definition) is 0. The lowest BCUT2D eigenvalue weighted by Gasteiger charge is -2.37. The SMILES string of the molecule is O=C1[C@@H]2[C@@H](C(=O)N1/N=C\c1cc([N+](=O)[O-])c([O-])cc1[O-])[C@@H]1C=C[C@@H]2CC1. The molecule has 5 rings (SSSR count). The highest BCUT2D eigenvalue weighted by atomic mass is 16.6. The van der Waals surface area contributed by atoms with Crippen molar-refractivity contribution in [2.45, 2.75) is 12.8 Å². The van der Waals surface area contributed by atoms with Gasteiger partial charge in [0.05, 0.1) is 23.0 Å². The van der Waals surface area contributed by atoms with Gasteiger partial charge in [0.2, 0.25) is 0 Å². The Labute approximate surface area is 147 Å². The van der Waals surface area contributed by atoms with E-state index in [9.17, 15) is 29.9 Å². The van der Waals surface area contributed by atoms with E-state index in [1.54, 1.807) is 0 Å². The first-order valence-electron chi connectivity index (χ1n) is 8.15. The number of hydrogen-bond acceptors (Lipinski definition) is 7. The van der Waals surface area contributed by atoms with Gasteiger partial charge in [0.15, 0.2) is 0 Å². The van der Waals surface area contributed by atoms with Gasteiger partial charge in [-0.2, -0.15) is 10.1 Å². The molecule has 0 radical (unpaired) electrons. The summed E-state index contributed by atoms with van der Waals surface area (Å²) in [6.07, 6.45) is 6.57. The summed E-state index contributed by atoms with van der Waals surface area (Å²) < 4.78 is 0. The molecular weight excluding hydrogens is 342 g/mol. The van der Waals surface area contributed by atoms with E-state index in [2.05, 4.69) is 5.10 Å². The van der Waals surface area contributed by atoms with Crippen molar-refractivity contribution in [1.82, 2.24) is 5.01 Å². The van der Waals surface area contributed by atoms with Crippen LogP contribution in [0.4, 0.5) is 5.69 Å². The molecule has 0 aromatic heterocycles. The van der Waals surface area contributed by atoms with E-state index < -0.39 is 45.8 Å². The molecule has 9 heteroatoms. The lowest BCUT2D eigenvalue weighted by molar-refractivity contribution is -0.398. The van der Waals surface area contributed by atoms with Crippen LogP contribution in [0.1, 0.15) is 18.4 Å². The molecule has 26 heavy (non-hydrogen) atoms. The molecule has 1 aliphatic heterocycles. The summed E-state index contributed by atoms with van der Waals surface area (Å²) in [5.41, 5.74) is -0.992. The van der Waals surface area contributed by atoms with Crippen LogP contribution in [-0.4, -0.2) is 28.0 Å². The van der Waals surface area contributed by atoms with E-state index >= 15 is 0 Å². The minimum atomic E-state index is -1.00. The summed E-state index contributed by atoms with van der Waals surface area (Å²) in [6, 6.07) is 1.40. The summed E-state index contributed by atoms with van der Waals surface area (Å²) in [5.74, 6) is -3.45. The standard InChI is InChI=1S/C17H15N3O6/c21-12-6-13(22)11(20(25)26)5-10(12)7-18-19-16(23)14-8-1-2-9(4-3-8)15(14)17(19)24/h1-2,5-9,14-15,21-22H,3-4H2/p-2/b18-7-/t8-,9-,14+,15+/m1/s1. The van der Waals surface area contributed by atoms with Gasteiger partial charge in [-0.25, -0.2) is 0 Å². The predicted molar refractivity (Wildman–Crippen MR) is 83.8 cm³/mol. The van der Waals surface area contributed by atoms with Crippen LogP contribution in [0.2, 0.25) is 0 Å². The van der Waals surface area contributed by atoms with Crippen molar-refractivity contribution in [1.29, 1.82) is 0 Å². The van der Waals surface area contributed by atoms with Crippen molar-refractivity contribution >= 4 is 23.7 Å². The molecular formula is C17H13N3O6-2. The second-order valence-electron chi connectivity index (χ2n) is 6.69. The number of benzene rings is 1. The molecule has 3 aliphatic carbocycles. The maximum Gasteiger partial charge on any atom is 0.262 e. The fraction of sp³-hybridized carbons (Fsp3) is 0.353. The zero-order valence-corrected chi connectivity index (χ0v) is 13.4. The summed E-state index contributed by atoms with van der Waals surface area (Å²) in [4.78, 5) is 35.1. The molecule has 0 spiro atoms. The van der Waals surface area contributed by atoms with E-state index in [0.717, 1.165) is 30.1 Å². The molecule has 2 fully saturated rings. The maximum absolute atomic E-state index is 12.6. The van der Waals surface area contributed by atoms with Gasteiger partial charge in [-0.05, 0) is 36.0 Å². The molecule has 9 nitrogen and oxygen atoms in total. The van der Waals surface area contributed by atoms with Gasteiger partial charge in [0, 0.05) is 6.07 Å². The smallest absolute Gasteiger partial charge is 0.262 e. The molecule has 4 atom stereocenters. The Morgan fingerprint density at radius 1 is 1.04 bits per heavy atom. The molecule has 1 aromatic carbocycles. The highest BCUT2D eigenvalue weighted by molar-refractivity contribution is 6.06. The van der Waals surface area contributed by atoms with Gasteiger partial charge in [-0.15, -0.1) is 5.75 Å². The average molecular weight is 355 g/mol. The molecule has 2 amide bonds. The second kappa shape index (κ2) is 5.65. The Morgan fingerprint density at radius 3 is 2.12 bits per heavy atom. The quantitative estimate of drug-likeness (QED) is 0.251. The van der Waals surface area contributed by atoms with Gasteiger partial charge >= 0.3 is 0 Å². The second-order valence-corrected chi connectivity index (χ2v) is 6.69. The zero-order valence-electron chi connectivity index (χ0n) is 13.4. The van der Waals surface area contributed by atoms with Crippen molar-refractivity contribution in [3.8, 4) is 11.5 Å². The van der Waals surface area contributed by atoms with Gasteiger partial charge in [0.25, 0.3) is 17.5 Å². The fourth-order valence-electron chi connectivity index (χ4n) is 4.10. The number of allylic oxidation sites excluding steroid dienone is 2. The molecule has 0 N–H and O–H groups in total. The van der Waals surface area contributed by atoms with Crippen molar-refractivity contribution in [3.63, 3.8) is 0 Å². The third-order valence-electron chi connectivity index (χ3n) is 5.34. The number of amides is 2. The Balaban J connectivity index is 1.64. The van der Waals surface area contributed by atoms with Crippen LogP contribution in [0.15, 0.2) is 29.4 Å². The van der Waals surface area contributed by atoms with Crippen LogP contribution >= 0.6 is 0 Å². The molecule has 0 unspecified atom stereocenters. The molecule has 134 valence electrons. The number of imide groups is 1. The molecule has 1 saturated carbocycles. The summed E-state index contributed by atoms with van der Waals surface area (Å²) in [7, 11) is 0. The number of nitro groups is 1. The Kier molecular flexibility index (Phi) is 3.53. The fourth-order valence-corrected chi connectivity index (χ4v) is 4.10. The average Bonchev–Trinajstić information content (AvgIpc) is 2.88. The van der Waals surface area contributed by atoms with Crippen molar-refractivity contribution < 1.29 is 24.7 Å². The van der Waals surface area contributed by atoms with Gasteiger partial charge in [-0.3, -0.25) is 19.7 Å². The Morgan fingerprint density at radius 2 is 1.62 bits per heavy atom. The van der Waals surface area contributed by atoms with Crippen molar-refractivity contribution in [2.24, 2.45) is 28.8 Å². The number of carbonyl (C=O) groups is 2. The summed E-state index contributed by atoms with van der Waals surface area (Å²) >= 11 is 0. The lowest BCUT2D eigenvalue weighted by Crippen LogP contribution is -2.38. The summed E-state index contributed by atoms with van der Waals surface area (Å²) in [5, 5.41) is 38.7. The van der Waals surface area contributed by atoms with Crippen LogP contribution in [-0.2, 0) is 9.59 Å². The first-order valence-corrected chi connectivity index (χ1v) is 8.15. The number of hydrazone groups is 1. The first-order chi connectivity index (χ1) is 12.4. The monoisotopic (exact) mass is 355 g/mol. The van der Waals surface area contributed by atoms with Crippen LogP contribution in [0.5, 0.6) is 11.5 Å². The van der Waals surface area contributed by atoms with E-state index in [-0.39, 0.29) is 17.4 Å². The number of carbonyl (C=O) groups excluding carboxylic acids is 2. The Hall–Kier alpha value is -3.23. The molecule has 1 aromatic rings. The summed E-state index contributed by atoms with van der Waals surface area (Å²) in [6.45, 7) is 0. The van der Waals surface area contributed by atoms with Crippen molar-refractivity contribution in [3.05, 3.63) is 40.0 Å². The van der Waals surface area contributed by atoms with Gasteiger partial charge in [-0.1, -0.05) is 18.2 Å². The largest absolute Gasteiger partial charge is 0.872 e. The zero-order chi connectivity index (χ0) is 18.6. The Bertz CT molecular complexity index is 861. The minimum absolute atomic E-state index is 0.0116. The molecule has 1 heterocycles. The molecule has 2 bridgehead atoms. The van der Waals surface area contributed by atoms with Crippen LogP contribution < -0.4 is 10.2 Å². The van der Waals surface area contributed by atoms with Gasteiger partial charge in [0.1, 0.15) is 0 Å². The van der Waals surface area contributed by atoms with E-state index in [1.165, 1.54) is 0 Å². The number of nitro benzene ring substituents is 1. The molecule has 4 aliphatic rings. The maximum atomic E-state index is 12.6. The molecule has 1 saturated heterocycles. The van der Waals surface area contributed by atoms with E-state index in [1.807, 2.05) is 12.2 Å². The first kappa shape index (κ1) is 16.2. The minimum Gasteiger partial charge on any atom is -0.872 e. The lowest BCUT2D eigenvalue weighted by atomic mass is 9.63. The third kappa shape index (κ3) is 2.27. The predicted octanol–water partition coefficient (Wildman–Crippen LogP) is 0.273. The highest BCUT2D eigenvalue weighted by Gasteiger charge is 2.56. The van der Waals surface area contributed by atoms with Crippen LogP contribution in [0, 0.1) is 33.8 Å². The van der Waals surface area contributed by atoms with Crippen LogP contribution in [0.3, 0.4) is 0 Å². The number of fused-ring (bicyclic) bond motifs is 1. The van der Waals surface area contributed by atoms with E-state index in [0.29, 0.717) is 6.07 Å². The van der Waals surface area contributed by atoms with E-state index in [4.69, 9.17) is 0 Å². The topological polar surface area (TPSA) is 139 Å². The highest BCUT2D eigenvalue weighted by Crippen LogP contribution is 2.49. The van der Waals surface area contributed by atoms with Crippen molar-refractivity contribution in [2.75, 3.05) is 0 Å². The van der Waals surface area contributed by atoms with Crippen LogP contribution in [0.25, 0.3) is 0 Å². The van der Waals surface area contributed by atoms with Gasteiger partial charge < -0.3 is 10.2 Å². The number of nitrogens with zero attached hydrogens (tertiary/aromatic N) is 3.